The van der Waals surface area contributed by atoms with Crippen molar-refractivity contribution < 1.29 is 14.6 Å². The average molecular weight is 518 g/mol. The second-order valence-corrected chi connectivity index (χ2v) is 11.1. The zero-order valence-electron chi connectivity index (χ0n) is 18.1. The number of carbonyl (C=O) groups is 1. The molecule has 2 aromatic heterocycles. The molecule has 0 bridgehead atoms. The second-order valence-electron chi connectivity index (χ2n) is 8.20. The predicted octanol–water partition coefficient (Wildman–Crippen LogP) is 4.60. The number of benzene rings is 2. The van der Waals surface area contributed by atoms with Crippen LogP contribution in [-0.4, -0.2) is 46.2 Å². The molecule has 0 radical (unpaired) electrons. The molecule has 1 N–H and O–H groups in total. The number of amides is 1. The number of nitrogens with one attached hydrogen (secondary N) is 1. The van der Waals surface area contributed by atoms with Gasteiger partial charge in [-0.25, -0.2) is 13.4 Å². The van der Waals surface area contributed by atoms with Gasteiger partial charge in [0.15, 0.2) is 0 Å². The van der Waals surface area contributed by atoms with E-state index in [2.05, 4.69) is 14.1 Å². The Morgan fingerprint density at radius 2 is 1.91 bits per heavy atom. The van der Waals surface area contributed by atoms with Crippen LogP contribution >= 0.6 is 23.1 Å². The third-order valence-electron chi connectivity index (χ3n) is 6.14. The Kier molecular flexibility index (Phi) is 6.28. The molecule has 1 fully saturated rings. The van der Waals surface area contributed by atoms with Gasteiger partial charge in [-0.2, -0.15) is 4.37 Å². The van der Waals surface area contributed by atoms with Crippen LogP contribution in [0.5, 0.6) is 0 Å². The van der Waals surface area contributed by atoms with Crippen LogP contribution in [-0.2, 0) is 21.4 Å². The van der Waals surface area contributed by atoms with Crippen LogP contribution in [0.1, 0.15) is 25.7 Å². The third kappa shape index (κ3) is 4.66. The zero-order chi connectivity index (χ0) is 23.7. The van der Waals surface area contributed by atoms with Crippen molar-refractivity contribution in [2.75, 3.05) is 17.8 Å². The molecule has 5 rings (SSSR count). The van der Waals surface area contributed by atoms with Crippen LogP contribution in [0.3, 0.4) is 0 Å². The summed E-state index contributed by atoms with van der Waals surface area (Å²) in [6.07, 6.45) is 4.86. The number of halogens is 1. The first-order chi connectivity index (χ1) is 16.4. The lowest BCUT2D eigenvalue weighted by Gasteiger charge is -2.32. The maximum atomic E-state index is 12.9. The fourth-order valence-corrected chi connectivity index (χ4v) is 6.32. The summed E-state index contributed by atoms with van der Waals surface area (Å²) in [6, 6.07) is 14.6. The Balaban J connectivity index is 0.00000289. The van der Waals surface area contributed by atoms with Crippen LogP contribution in [0.25, 0.3) is 10.9 Å². The van der Waals surface area contributed by atoms with Gasteiger partial charge in [0.1, 0.15) is 12.9 Å². The van der Waals surface area contributed by atoms with E-state index in [4.69, 9.17) is 11.6 Å². The number of para-hydroxylation sites is 1. The highest BCUT2D eigenvalue weighted by Gasteiger charge is 2.25. The number of likely N-dealkylation sites (tertiary alicyclic amines) is 1. The number of fused-ring (bicyclic) bond motifs is 1. The molecular weight excluding hydrogens is 494 g/mol. The van der Waals surface area contributed by atoms with Crippen molar-refractivity contribution in [1.82, 2.24) is 18.8 Å². The van der Waals surface area contributed by atoms with E-state index in [1.54, 1.807) is 12.1 Å². The topological polar surface area (TPSA) is 97.2 Å². The summed E-state index contributed by atoms with van der Waals surface area (Å²) < 4.78 is 33.2. The molecule has 178 valence electrons. The standard InChI is InChI=1S/C23H22ClN5O3S2.H2/c24-20-3-1-2-18-10-13-29(22(18)20)14-21(30)28-11-8-17(9-12-28)16-4-6-19(7-5-16)34(31,32)27-23-25-15-26-33-23;/h1-7,10,13,15,17H,8-9,11-12,14H2,(H,25,26,27);1H. The van der Waals surface area contributed by atoms with Gasteiger partial charge in [0.05, 0.1) is 15.4 Å². The molecule has 0 spiro atoms. The second kappa shape index (κ2) is 9.36. The Morgan fingerprint density at radius 3 is 2.62 bits per heavy atom. The maximum Gasteiger partial charge on any atom is 0.263 e. The molecule has 8 nitrogen and oxygen atoms in total. The highest BCUT2D eigenvalue weighted by atomic mass is 35.5. The Labute approximate surface area is 207 Å². The SMILES string of the molecule is O=C(Cn1ccc2cccc(Cl)c21)N1CCC(c2ccc(S(=O)(=O)Nc3ncns3)cc2)CC1.[HH]. The van der Waals surface area contributed by atoms with E-state index in [0.29, 0.717) is 18.1 Å². The van der Waals surface area contributed by atoms with Crippen LogP contribution in [0.15, 0.2) is 66.0 Å². The molecule has 1 aliphatic heterocycles. The summed E-state index contributed by atoms with van der Waals surface area (Å²) in [5.74, 6) is 0.346. The number of hydrogen-bond donors (Lipinski definition) is 1. The lowest BCUT2D eigenvalue weighted by Crippen LogP contribution is -2.39. The van der Waals surface area contributed by atoms with Gasteiger partial charge in [0.2, 0.25) is 11.0 Å². The molecule has 2 aromatic carbocycles. The van der Waals surface area contributed by atoms with E-state index in [0.717, 1.165) is 40.8 Å². The first-order valence-electron chi connectivity index (χ1n) is 10.8. The molecule has 11 heteroatoms. The van der Waals surface area contributed by atoms with Crippen LogP contribution in [0, 0.1) is 0 Å². The quantitative estimate of drug-likeness (QED) is 0.403. The van der Waals surface area contributed by atoms with E-state index in [1.807, 2.05) is 52.1 Å². The van der Waals surface area contributed by atoms with Gasteiger partial charge in [-0.15, -0.1) is 0 Å². The normalized spacial score (nSPS) is 15.0. The van der Waals surface area contributed by atoms with E-state index < -0.39 is 10.0 Å². The highest BCUT2D eigenvalue weighted by Crippen LogP contribution is 2.30. The van der Waals surface area contributed by atoms with Crippen LogP contribution in [0.4, 0.5) is 5.13 Å². The number of rotatable bonds is 6. The molecule has 0 atom stereocenters. The first kappa shape index (κ1) is 22.8. The first-order valence-corrected chi connectivity index (χ1v) is 13.4. The summed E-state index contributed by atoms with van der Waals surface area (Å²) in [4.78, 5) is 18.9. The minimum absolute atomic E-state index is 0. The van der Waals surface area contributed by atoms with Crippen molar-refractivity contribution >= 4 is 55.1 Å². The number of carbonyl (C=O) groups excluding carboxylic acids is 1. The predicted molar refractivity (Wildman–Crippen MR) is 135 cm³/mol. The van der Waals surface area contributed by atoms with E-state index in [9.17, 15) is 13.2 Å². The molecule has 1 amide bonds. The van der Waals surface area contributed by atoms with Crippen molar-refractivity contribution in [2.24, 2.45) is 0 Å². The molecule has 1 saturated heterocycles. The average Bonchev–Trinajstić information content (AvgIpc) is 3.50. The van der Waals surface area contributed by atoms with Crippen molar-refractivity contribution in [3.05, 3.63) is 71.6 Å². The van der Waals surface area contributed by atoms with E-state index in [1.165, 1.54) is 6.33 Å². The van der Waals surface area contributed by atoms with E-state index >= 15 is 0 Å². The van der Waals surface area contributed by atoms with Gasteiger partial charge >= 0.3 is 0 Å². The third-order valence-corrected chi connectivity index (χ3v) is 8.51. The summed E-state index contributed by atoms with van der Waals surface area (Å²) in [6.45, 7) is 1.58. The van der Waals surface area contributed by atoms with Crippen LogP contribution < -0.4 is 4.72 Å². The van der Waals surface area contributed by atoms with Gasteiger partial charge in [-0.1, -0.05) is 35.9 Å². The Hall–Kier alpha value is -2.95. The van der Waals surface area contributed by atoms with Gasteiger partial charge in [-0.3, -0.25) is 9.52 Å². The minimum Gasteiger partial charge on any atom is -0.341 e. The molecule has 3 heterocycles. The number of anilines is 1. The molecule has 0 saturated carbocycles. The van der Waals surface area contributed by atoms with Crippen molar-refractivity contribution in [3.63, 3.8) is 0 Å². The number of hydrogen-bond acceptors (Lipinski definition) is 6. The lowest BCUT2D eigenvalue weighted by atomic mass is 9.89. The number of aromatic nitrogens is 3. The number of nitrogens with zero attached hydrogens (tertiary/aromatic N) is 4. The summed E-state index contributed by atoms with van der Waals surface area (Å²) in [5, 5.41) is 1.89. The van der Waals surface area contributed by atoms with E-state index in [-0.39, 0.29) is 29.8 Å². The van der Waals surface area contributed by atoms with Crippen molar-refractivity contribution in [1.29, 1.82) is 0 Å². The van der Waals surface area contributed by atoms with Gasteiger partial charge in [0, 0.05) is 37.6 Å². The Morgan fingerprint density at radius 1 is 1.15 bits per heavy atom. The molecular formula is C23H24ClN5O3S2. The largest absolute Gasteiger partial charge is 0.341 e. The Bertz CT molecular complexity index is 1420. The molecule has 4 aromatic rings. The number of sulfonamides is 1. The fourth-order valence-electron chi connectivity index (χ4n) is 4.37. The molecule has 1 aliphatic rings. The molecule has 34 heavy (non-hydrogen) atoms. The minimum atomic E-state index is -3.70. The number of piperidine rings is 1. The fraction of sp³-hybridized carbons (Fsp3) is 0.261. The molecule has 0 unspecified atom stereocenters. The summed E-state index contributed by atoms with van der Waals surface area (Å²) >= 11 is 7.32. The van der Waals surface area contributed by atoms with Crippen molar-refractivity contribution in [2.45, 2.75) is 30.2 Å². The summed E-state index contributed by atoms with van der Waals surface area (Å²) in [5.41, 5.74) is 1.95. The van der Waals surface area contributed by atoms with Gasteiger partial charge in [-0.05, 0) is 48.6 Å². The lowest BCUT2D eigenvalue weighted by molar-refractivity contribution is -0.132. The van der Waals surface area contributed by atoms with Crippen molar-refractivity contribution in [3.8, 4) is 0 Å². The van der Waals surface area contributed by atoms with Gasteiger partial charge in [0.25, 0.3) is 10.0 Å². The maximum absolute atomic E-state index is 12.9. The zero-order valence-corrected chi connectivity index (χ0v) is 20.5. The van der Waals surface area contributed by atoms with Crippen LogP contribution in [0.2, 0.25) is 5.02 Å². The highest BCUT2D eigenvalue weighted by molar-refractivity contribution is 7.93. The van der Waals surface area contributed by atoms with Gasteiger partial charge < -0.3 is 9.47 Å². The molecule has 0 aliphatic carbocycles. The smallest absolute Gasteiger partial charge is 0.263 e. The monoisotopic (exact) mass is 517 g/mol. The summed E-state index contributed by atoms with van der Waals surface area (Å²) in [7, 11) is -3.70.